The molecule has 0 aromatic heterocycles. The van der Waals surface area contributed by atoms with E-state index < -0.39 is 0 Å². The van der Waals surface area contributed by atoms with Gasteiger partial charge in [0.2, 0.25) is 0 Å². The number of hydrogen-bond donors (Lipinski definition) is 0. The largest absolute Gasteiger partial charge is 0.466 e. The third kappa shape index (κ3) is 2.93. The van der Waals surface area contributed by atoms with Gasteiger partial charge in [-0.2, -0.15) is 0 Å². The molecule has 0 aliphatic carbocycles. The number of unbranched alkanes of at least 4 members (excludes halogenated alkanes) is 1. The van der Waals surface area contributed by atoms with Crippen molar-refractivity contribution in [2.45, 2.75) is 32.6 Å². The molecule has 2 nitrogen and oxygen atoms in total. The van der Waals surface area contributed by atoms with Gasteiger partial charge in [-0.25, -0.2) is 0 Å². The minimum atomic E-state index is -0.109. The van der Waals surface area contributed by atoms with Crippen LogP contribution >= 0.6 is 0 Å². The molecular formula is C23H22O2. The molecule has 0 heterocycles. The third-order valence-corrected chi connectivity index (χ3v) is 4.99. The maximum atomic E-state index is 11.2. The van der Waals surface area contributed by atoms with Crippen LogP contribution in [0.2, 0.25) is 0 Å². The van der Waals surface area contributed by atoms with Crippen LogP contribution in [0.1, 0.15) is 31.7 Å². The summed E-state index contributed by atoms with van der Waals surface area (Å²) in [5.74, 6) is -0.109. The molecule has 0 aliphatic rings. The van der Waals surface area contributed by atoms with Crippen LogP contribution in [0.4, 0.5) is 0 Å². The summed E-state index contributed by atoms with van der Waals surface area (Å²) in [5, 5.41) is 8.03. The lowest BCUT2D eigenvalue weighted by Gasteiger charge is -2.14. The van der Waals surface area contributed by atoms with Crippen LogP contribution in [0.15, 0.2) is 54.6 Å². The molecule has 0 atom stereocenters. The van der Waals surface area contributed by atoms with Crippen molar-refractivity contribution in [3.63, 3.8) is 0 Å². The molecule has 0 saturated carbocycles. The van der Waals surface area contributed by atoms with E-state index in [-0.39, 0.29) is 5.97 Å². The molecule has 0 amide bonds. The van der Waals surface area contributed by atoms with Crippen LogP contribution < -0.4 is 0 Å². The molecule has 0 aliphatic heterocycles. The first kappa shape index (κ1) is 15.9. The molecule has 0 saturated heterocycles. The monoisotopic (exact) mass is 330 g/mol. The van der Waals surface area contributed by atoms with Gasteiger partial charge >= 0.3 is 5.97 Å². The summed E-state index contributed by atoms with van der Waals surface area (Å²) in [5.41, 5.74) is 1.39. The van der Waals surface area contributed by atoms with E-state index in [0.717, 1.165) is 19.3 Å². The summed E-state index contributed by atoms with van der Waals surface area (Å²) in [6.45, 7) is 2.35. The minimum Gasteiger partial charge on any atom is -0.466 e. The molecule has 4 aromatic rings. The fourth-order valence-corrected chi connectivity index (χ4v) is 3.75. The van der Waals surface area contributed by atoms with Crippen LogP contribution in [0.5, 0.6) is 0 Å². The second-order valence-corrected chi connectivity index (χ2v) is 6.62. The standard InChI is InChI=1S/C23H22O2/c1-2-21(24)25-14-4-3-7-18-15-19-10-5-8-16-12-13-17-9-6-11-20(18)23(17)22(16)19/h5-6,8-13,15H,2-4,7,14H2,1H3. The third-order valence-electron chi connectivity index (χ3n) is 4.99. The van der Waals surface area contributed by atoms with Crippen LogP contribution in [0.25, 0.3) is 32.3 Å². The molecule has 0 bridgehead atoms. The Morgan fingerprint density at radius 1 is 0.880 bits per heavy atom. The lowest BCUT2D eigenvalue weighted by Crippen LogP contribution is -2.04. The fourth-order valence-electron chi connectivity index (χ4n) is 3.75. The zero-order valence-electron chi connectivity index (χ0n) is 14.5. The average molecular weight is 330 g/mol. The first-order chi connectivity index (χ1) is 12.3. The number of aryl methyl sites for hydroxylation is 1. The van der Waals surface area contributed by atoms with Gasteiger partial charge in [-0.05, 0) is 57.1 Å². The van der Waals surface area contributed by atoms with Gasteiger partial charge in [-0.1, -0.05) is 61.5 Å². The Bertz CT molecular complexity index is 1030. The second kappa shape index (κ2) is 6.72. The highest BCUT2D eigenvalue weighted by Gasteiger charge is 2.11. The molecular weight excluding hydrogens is 308 g/mol. The molecule has 0 fully saturated rings. The number of carbonyl (C=O) groups is 1. The zero-order valence-corrected chi connectivity index (χ0v) is 14.5. The van der Waals surface area contributed by atoms with Gasteiger partial charge in [0.1, 0.15) is 0 Å². The number of rotatable bonds is 6. The topological polar surface area (TPSA) is 26.3 Å². The van der Waals surface area contributed by atoms with Gasteiger partial charge in [-0.15, -0.1) is 0 Å². The van der Waals surface area contributed by atoms with Crippen molar-refractivity contribution in [1.82, 2.24) is 0 Å². The molecule has 0 unspecified atom stereocenters. The van der Waals surface area contributed by atoms with Crippen molar-refractivity contribution in [1.29, 1.82) is 0 Å². The van der Waals surface area contributed by atoms with E-state index >= 15 is 0 Å². The molecule has 25 heavy (non-hydrogen) atoms. The molecule has 126 valence electrons. The van der Waals surface area contributed by atoms with E-state index in [1.54, 1.807) is 0 Å². The Kier molecular flexibility index (Phi) is 4.27. The normalized spacial score (nSPS) is 11.6. The van der Waals surface area contributed by atoms with Crippen molar-refractivity contribution in [3.05, 3.63) is 60.2 Å². The lowest BCUT2D eigenvalue weighted by molar-refractivity contribution is -0.143. The van der Waals surface area contributed by atoms with Crippen LogP contribution in [0, 0.1) is 0 Å². The smallest absolute Gasteiger partial charge is 0.305 e. The number of hydrogen-bond acceptors (Lipinski definition) is 2. The predicted molar refractivity (Wildman–Crippen MR) is 104 cm³/mol. The molecule has 0 radical (unpaired) electrons. The van der Waals surface area contributed by atoms with Gasteiger partial charge in [0.25, 0.3) is 0 Å². The first-order valence-electron chi connectivity index (χ1n) is 9.09. The van der Waals surface area contributed by atoms with Gasteiger partial charge in [0.15, 0.2) is 0 Å². The number of benzene rings is 4. The Balaban J connectivity index is 1.66. The first-order valence-corrected chi connectivity index (χ1v) is 9.09. The van der Waals surface area contributed by atoms with Crippen molar-refractivity contribution in [2.24, 2.45) is 0 Å². The van der Waals surface area contributed by atoms with E-state index in [4.69, 9.17) is 4.74 Å². The molecule has 4 aromatic carbocycles. The Morgan fingerprint density at radius 2 is 1.60 bits per heavy atom. The molecule has 2 heteroatoms. The van der Waals surface area contributed by atoms with Gasteiger partial charge in [-0.3, -0.25) is 4.79 Å². The van der Waals surface area contributed by atoms with Crippen molar-refractivity contribution in [3.8, 4) is 0 Å². The van der Waals surface area contributed by atoms with Crippen LogP contribution in [-0.2, 0) is 16.0 Å². The number of carbonyl (C=O) groups excluding carboxylic acids is 1. The Hall–Kier alpha value is -2.61. The Labute approximate surface area is 147 Å². The SMILES string of the molecule is CCC(=O)OCCCCc1cc2cccc3ccc4cccc1c4c32. The summed E-state index contributed by atoms with van der Waals surface area (Å²) < 4.78 is 5.18. The van der Waals surface area contributed by atoms with E-state index in [9.17, 15) is 4.79 Å². The van der Waals surface area contributed by atoms with Crippen LogP contribution in [-0.4, -0.2) is 12.6 Å². The highest BCUT2D eigenvalue weighted by atomic mass is 16.5. The summed E-state index contributed by atoms with van der Waals surface area (Å²) in [6, 6.07) is 19.9. The lowest BCUT2D eigenvalue weighted by atomic mass is 9.90. The van der Waals surface area contributed by atoms with E-state index in [1.807, 2.05) is 6.92 Å². The van der Waals surface area contributed by atoms with E-state index in [1.165, 1.54) is 37.9 Å². The van der Waals surface area contributed by atoms with Crippen molar-refractivity contribution < 1.29 is 9.53 Å². The summed E-state index contributed by atoms with van der Waals surface area (Å²) in [7, 11) is 0. The van der Waals surface area contributed by atoms with Gasteiger partial charge in [0, 0.05) is 6.42 Å². The maximum absolute atomic E-state index is 11.2. The zero-order chi connectivity index (χ0) is 17.2. The van der Waals surface area contributed by atoms with Crippen molar-refractivity contribution in [2.75, 3.05) is 6.61 Å². The number of ether oxygens (including phenoxy) is 1. The second-order valence-electron chi connectivity index (χ2n) is 6.62. The summed E-state index contributed by atoms with van der Waals surface area (Å²) in [6.07, 6.45) is 3.39. The van der Waals surface area contributed by atoms with E-state index in [2.05, 4.69) is 54.6 Å². The summed E-state index contributed by atoms with van der Waals surface area (Å²) >= 11 is 0. The molecule has 0 N–H and O–H groups in total. The Morgan fingerprint density at radius 3 is 2.40 bits per heavy atom. The fraction of sp³-hybridized carbons (Fsp3) is 0.261. The molecule has 0 spiro atoms. The predicted octanol–water partition coefficient (Wildman–Crippen LogP) is 5.86. The molecule has 4 rings (SSSR count). The highest BCUT2D eigenvalue weighted by Crippen LogP contribution is 2.36. The van der Waals surface area contributed by atoms with Crippen molar-refractivity contribution >= 4 is 38.3 Å². The minimum absolute atomic E-state index is 0.109. The van der Waals surface area contributed by atoms with Crippen LogP contribution in [0.3, 0.4) is 0 Å². The average Bonchev–Trinajstić information content (AvgIpc) is 2.66. The highest BCUT2D eigenvalue weighted by molar-refractivity contribution is 6.23. The van der Waals surface area contributed by atoms with E-state index in [0.29, 0.717) is 13.0 Å². The van der Waals surface area contributed by atoms with Gasteiger partial charge in [0.05, 0.1) is 6.61 Å². The number of esters is 1. The van der Waals surface area contributed by atoms with Gasteiger partial charge < -0.3 is 4.74 Å². The summed E-state index contributed by atoms with van der Waals surface area (Å²) in [4.78, 5) is 11.2. The quantitative estimate of drug-likeness (QED) is 0.251. The maximum Gasteiger partial charge on any atom is 0.305 e.